The average molecular weight is 415 g/mol. The van der Waals surface area contributed by atoms with Gasteiger partial charge in [0.05, 0.1) is 28.3 Å². The van der Waals surface area contributed by atoms with E-state index < -0.39 is 22.3 Å². The molecule has 0 atom stereocenters. The number of phenolic OH excluding ortho intramolecular Hbond substituents is 1. The van der Waals surface area contributed by atoms with E-state index in [1.807, 2.05) is 0 Å². The predicted molar refractivity (Wildman–Crippen MR) is 87.0 cm³/mol. The number of benzene rings is 1. The Morgan fingerprint density at radius 3 is 2.96 bits per heavy atom. The van der Waals surface area contributed by atoms with E-state index in [0.717, 1.165) is 10.9 Å². The van der Waals surface area contributed by atoms with Crippen LogP contribution in [-0.2, 0) is 11.3 Å². The third-order valence-corrected chi connectivity index (χ3v) is 3.45. The molecule has 13 nitrogen and oxygen atoms in total. The van der Waals surface area contributed by atoms with Crippen molar-refractivity contribution in [2.45, 2.75) is 6.54 Å². The van der Waals surface area contributed by atoms with Crippen molar-refractivity contribution < 1.29 is 19.6 Å². The van der Waals surface area contributed by atoms with Crippen molar-refractivity contribution in [1.29, 1.82) is 0 Å². The average Bonchev–Trinajstić information content (AvgIpc) is 2.94. The van der Waals surface area contributed by atoms with Crippen LogP contribution in [0.3, 0.4) is 0 Å². The maximum absolute atomic E-state index is 11.7. The number of phenols is 1. The second-order valence-electron chi connectivity index (χ2n) is 4.42. The second kappa shape index (κ2) is 7.52. The Balaban J connectivity index is 2.20. The minimum atomic E-state index is -0.740. The van der Waals surface area contributed by atoms with Crippen LogP contribution in [0.15, 0.2) is 15.6 Å². The normalized spacial score (nSPS) is 10.8. The molecule has 132 valence electrons. The van der Waals surface area contributed by atoms with Gasteiger partial charge in [-0.15, -0.1) is 0 Å². The zero-order valence-corrected chi connectivity index (χ0v) is 14.2. The quantitative estimate of drug-likeness (QED) is 0.326. The number of anilines is 1. The van der Waals surface area contributed by atoms with Gasteiger partial charge in [0.25, 0.3) is 5.91 Å². The van der Waals surface area contributed by atoms with Crippen LogP contribution in [0, 0.1) is 10.1 Å². The molecule has 0 aliphatic rings. The summed E-state index contributed by atoms with van der Waals surface area (Å²) in [7, 11) is 1.17. The van der Waals surface area contributed by atoms with Gasteiger partial charge in [-0.2, -0.15) is 5.10 Å². The molecule has 1 aromatic heterocycles. The highest BCUT2D eigenvalue weighted by atomic mass is 79.9. The summed E-state index contributed by atoms with van der Waals surface area (Å²) in [6, 6.07) is 1.25. The number of carbonyl (C=O) groups is 1. The van der Waals surface area contributed by atoms with E-state index in [1.54, 1.807) is 0 Å². The molecular formula is C11H11BrN8O5. The number of hydrazone groups is 1. The molecule has 0 radical (unpaired) electrons. The molecule has 14 heteroatoms. The number of methoxy groups -OCH3 is 1. The number of nitrogen functional groups attached to an aromatic ring is 1. The van der Waals surface area contributed by atoms with Crippen LogP contribution in [0.2, 0.25) is 0 Å². The first-order chi connectivity index (χ1) is 11.8. The number of tetrazole rings is 1. The fourth-order valence-electron chi connectivity index (χ4n) is 1.77. The van der Waals surface area contributed by atoms with E-state index in [1.165, 1.54) is 13.2 Å². The lowest BCUT2D eigenvalue weighted by Gasteiger charge is -2.08. The number of hydrogen-bond donors (Lipinski definition) is 3. The number of aromatic nitrogens is 4. The summed E-state index contributed by atoms with van der Waals surface area (Å²) in [5.41, 5.74) is 7.05. The fourth-order valence-corrected chi connectivity index (χ4v) is 2.20. The van der Waals surface area contributed by atoms with Crippen molar-refractivity contribution in [2.75, 3.05) is 12.8 Å². The molecule has 1 amide bonds. The van der Waals surface area contributed by atoms with Gasteiger partial charge in [0.2, 0.25) is 11.7 Å². The van der Waals surface area contributed by atoms with Crippen molar-refractivity contribution >= 4 is 39.7 Å². The van der Waals surface area contributed by atoms with E-state index in [0.29, 0.717) is 0 Å². The number of nitro benzene ring substituents is 1. The van der Waals surface area contributed by atoms with Crippen molar-refractivity contribution in [3.05, 3.63) is 26.2 Å². The first-order valence-corrected chi connectivity index (χ1v) is 7.21. The summed E-state index contributed by atoms with van der Waals surface area (Å²) < 4.78 is 6.05. The lowest BCUT2D eigenvalue weighted by Crippen LogP contribution is -2.24. The molecule has 25 heavy (non-hydrogen) atoms. The zero-order valence-electron chi connectivity index (χ0n) is 12.6. The molecule has 0 spiro atoms. The Labute approximate surface area is 147 Å². The summed E-state index contributed by atoms with van der Waals surface area (Å²) in [6.45, 7) is -0.291. The number of aromatic hydroxyl groups is 1. The van der Waals surface area contributed by atoms with Gasteiger partial charge in [-0.3, -0.25) is 14.9 Å². The number of ether oxygens (including phenoxy) is 1. The van der Waals surface area contributed by atoms with Crippen LogP contribution in [-0.4, -0.2) is 49.5 Å². The first-order valence-electron chi connectivity index (χ1n) is 6.42. The van der Waals surface area contributed by atoms with Gasteiger partial charge < -0.3 is 15.6 Å². The molecule has 2 aromatic rings. The van der Waals surface area contributed by atoms with E-state index in [2.05, 4.69) is 42.0 Å². The molecule has 1 aromatic carbocycles. The van der Waals surface area contributed by atoms with Crippen LogP contribution in [0.4, 0.5) is 11.6 Å². The van der Waals surface area contributed by atoms with Crippen LogP contribution < -0.4 is 15.9 Å². The SMILES string of the molecule is COc1c(O)c(Br)cc(/C=N\NC(=O)Cn2nnnc2N)c1[N+](=O)[O-]. The van der Waals surface area contributed by atoms with Gasteiger partial charge in [-0.1, -0.05) is 5.10 Å². The van der Waals surface area contributed by atoms with Gasteiger partial charge in [-0.25, -0.2) is 10.1 Å². The largest absolute Gasteiger partial charge is 0.503 e. The predicted octanol–water partition coefficient (Wildman–Crippen LogP) is -0.210. The van der Waals surface area contributed by atoms with E-state index in [-0.39, 0.29) is 28.3 Å². The number of hydrogen-bond acceptors (Lipinski definition) is 10. The fraction of sp³-hybridized carbons (Fsp3) is 0.182. The van der Waals surface area contributed by atoms with Gasteiger partial charge in [0.15, 0.2) is 5.75 Å². The smallest absolute Gasteiger partial charge is 0.323 e. The monoisotopic (exact) mass is 414 g/mol. The third kappa shape index (κ3) is 3.97. The van der Waals surface area contributed by atoms with Crippen LogP contribution >= 0.6 is 15.9 Å². The van der Waals surface area contributed by atoms with Crippen molar-refractivity contribution in [3.8, 4) is 11.5 Å². The Morgan fingerprint density at radius 1 is 1.68 bits per heavy atom. The number of carbonyl (C=O) groups excluding carboxylic acids is 1. The molecule has 0 fully saturated rings. The van der Waals surface area contributed by atoms with Gasteiger partial charge in [-0.05, 0) is 32.4 Å². The zero-order chi connectivity index (χ0) is 18.6. The van der Waals surface area contributed by atoms with Crippen molar-refractivity contribution in [3.63, 3.8) is 0 Å². The number of halogens is 1. The standard InChI is InChI=1S/C11H11BrN8O5/c1-25-10-8(20(23)24)5(2-6(12)9(10)22)3-14-15-7(21)4-19-11(13)16-17-18-19/h2-3,22H,4H2,1H3,(H,15,21)(H2,13,16,18)/b14-3-. The molecule has 4 N–H and O–H groups in total. The summed E-state index contributed by atoms with van der Waals surface area (Å²) in [5, 5.41) is 34.8. The van der Waals surface area contributed by atoms with Crippen LogP contribution in [0.25, 0.3) is 0 Å². The second-order valence-corrected chi connectivity index (χ2v) is 5.28. The number of nitro groups is 1. The Bertz CT molecular complexity index is 851. The van der Waals surface area contributed by atoms with Gasteiger partial charge in [0.1, 0.15) is 6.54 Å². The Morgan fingerprint density at radius 2 is 2.40 bits per heavy atom. The summed E-state index contributed by atoms with van der Waals surface area (Å²) in [6.07, 6.45) is 1.03. The topological polar surface area (TPSA) is 184 Å². The minimum Gasteiger partial charge on any atom is -0.503 e. The summed E-state index contributed by atoms with van der Waals surface area (Å²) in [4.78, 5) is 22.2. The molecule has 0 saturated heterocycles. The van der Waals surface area contributed by atoms with E-state index in [4.69, 9.17) is 10.5 Å². The van der Waals surface area contributed by atoms with Crippen molar-refractivity contribution in [1.82, 2.24) is 25.6 Å². The van der Waals surface area contributed by atoms with Crippen LogP contribution in [0.5, 0.6) is 11.5 Å². The highest BCUT2D eigenvalue weighted by Gasteiger charge is 2.26. The maximum Gasteiger partial charge on any atom is 0.323 e. The van der Waals surface area contributed by atoms with E-state index >= 15 is 0 Å². The Hall–Kier alpha value is -3.29. The molecule has 2 rings (SSSR count). The number of amides is 1. The molecule has 0 aliphatic heterocycles. The molecule has 0 unspecified atom stereocenters. The highest BCUT2D eigenvalue weighted by Crippen LogP contribution is 2.43. The van der Waals surface area contributed by atoms with Crippen molar-refractivity contribution in [2.24, 2.45) is 5.10 Å². The first kappa shape index (κ1) is 18.1. The molecular weight excluding hydrogens is 404 g/mol. The molecule has 0 aliphatic carbocycles. The molecule has 0 saturated carbocycles. The van der Waals surface area contributed by atoms with Gasteiger partial charge in [0, 0.05) is 0 Å². The third-order valence-electron chi connectivity index (χ3n) is 2.84. The summed E-state index contributed by atoms with van der Waals surface area (Å²) >= 11 is 3.05. The lowest BCUT2D eigenvalue weighted by molar-refractivity contribution is -0.386. The summed E-state index contributed by atoms with van der Waals surface area (Å²) in [5.74, 6) is -1.43. The van der Waals surface area contributed by atoms with Crippen LogP contribution in [0.1, 0.15) is 5.56 Å². The lowest BCUT2D eigenvalue weighted by atomic mass is 10.1. The van der Waals surface area contributed by atoms with Gasteiger partial charge >= 0.3 is 5.69 Å². The Kier molecular flexibility index (Phi) is 5.43. The van der Waals surface area contributed by atoms with E-state index in [9.17, 15) is 20.0 Å². The number of nitrogens with zero attached hydrogens (tertiary/aromatic N) is 6. The number of nitrogens with two attached hydrogens (primary N) is 1. The molecule has 0 bridgehead atoms. The highest BCUT2D eigenvalue weighted by molar-refractivity contribution is 9.10. The minimum absolute atomic E-state index is 0.00578. The maximum atomic E-state index is 11.7. The number of nitrogens with one attached hydrogen (secondary N) is 1. The molecule has 1 heterocycles. The number of rotatable bonds is 6.